The van der Waals surface area contributed by atoms with Gasteiger partial charge in [0.1, 0.15) is 18.0 Å². The Balaban J connectivity index is 1.98. The minimum absolute atomic E-state index is 0.124. The number of amidine groups is 1. The van der Waals surface area contributed by atoms with Gasteiger partial charge in [0.2, 0.25) is 0 Å². The Hall–Kier alpha value is -2.33. The summed E-state index contributed by atoms with van der Waals surface area (Å²) in [6.45, 7) is 0.373. The number of nitrogens with zero attached hydrogens (tertiary/aromatic N) is 2. The van der Waals surface area contributed by atoms with E-state index in [1.54, 1.807) is 13.0 Å². The van der Waals surface area contributed by atoms with Crippen LogP contribution in [0.4, 0.5) is 22.0 Å². The summed E-state index contributed by atoms with van der Waals surface area (Å²) in [5.74, 6) is -0.910. The van der Waals surface area contributed by atoms with Crippen molar-refractivity contribution >= 4 is 34.7 Å². The average Bonchev–Trinajstić information content (AvgIpc) is 2.68. The fraction of sp³-hybridized carbons (Fsp3) is 0.350. The van der Waals surface area contributed by atoms with Gasteiger partial charge in [-0.1, -0.05) is 29.9 Å². The predicted molar refractivity (Wildman–Crippen MR) is 111 cm³/mol. The molecule has 1 aromatic heterocycles. The lowest BCUT2D eigenvalue weighted by atomic mass is 9.83. The molecular formula is C20H17ClF5N3OS. The van der Waals surface area contributed by atoms with Crippen molar-refractivity contribution in [1.29, 1.82) is 0 Å². The van der Waals surface area contributed by atoms with Gasteiger partial charge in [-0.15, -0.1) is 0 Å². The lowest BCUT2D eigenvalue weighted by Crippen LogP contribution is -2.48. The van der Waals surface area contributed by atoms with Crippen LogP contribution >= 0.6 is 23.8 Å². The summed E-state index contributed by atoms with van der Waals surface area (Å²) in [6.07, 6.45) is -6.63. The highest BCUT2D eigenvalue weighted by molar-refractivity contribution is 7.80. The van der Waals surface area contributed by atoms with Crippen molar-refractivity contribution in [3.63, 3.8) is 0 Å². The summed E-state index contributed by atoms with van der Waals surface area (Å²) >= 11 is 11.3. The normalized spacial score (nSPS) is 21.4. The molecule has 0 saturated heterocycles. The molecule has 2 heterocycles. The van der Waals surface area contributed by atoms with Gasteiger partial charge in [0, 0.05) is 29.5 Å². The molecule has 2 aromatic rings. The van der Waals surface area contributed by atoms with Gasteiger partial charge in [-0.25, -0.2) is 13.8 Å². The highest BCUT2D eigenvalue weighted by atomic mass is 35.5. The van der Waals surface area contributed by atoms with Crippen LogP contribution < -0.4 is 5.73 Å². The Morgan fingerprint density at radius 2 is 2.06 bits per heavy atom. The van der Waals surface area contributed by atoms with Crippen LogP contribution in [-0.4, -0.2) is 34.8 Å². The van der Waals surface area contributed by atoms with Crippen LogP contribution in [0.1, 0.15) is 28.8 Å². The first kappa shape index (κ1) is 23.3. The van der Waals surface area contributed by atoms with Gasteiger partial charge in [-0.3, -0.25) is 4.98 Å². The molecule has 11 heteroatoms. The summed E-state index contributed by atoms with van der Waals surface area (Å²) in [5, 5.41) is 0.437. The second kappa shape index (κ2) is 8.66. The second-order valence-corrected chi connectivity index (χ2v) is 8.13. The molecule has 0 fully saturated rings. The molecule has 0 radical (unpaired) electrons. The molecule has 166 valence electrons. The molecule has 0 saturated carbocycles. The molecule has 31 heavy (non-hydrogen) atoms. The van der Waals surface area contributed by atoms with Crippen molar-refractivity contribution in [2.75, 3.05) is 6.67 Å². The lowest BCUT2D eigenvalue weighted by Gasteiger charge is -2.36. The molecule has 1 aliphatic rings. The number of nitrogens with two attached hydrogens (primary N) is 1. The number of rotatable bonds is 5. The number of halogens is 6. The van der Waals surface area contributed by atoms with Crippen LogP contribution in [0.15, 0.2) is 35.5 Å². The zero-order valence-electron chi connectivity index (χ0n) is 16.1. The van der Waals surface area contributed by atoms with Crippen molar-refractivity contribution in [3.8, 4) is 0 Å². The number of aromatic nitrogens is 1. The molecule has 0 unspecified atom stereocenters. The number of hydrogen-bond acceptors (Lipinski definition) is 5. The van der Waals surface area contributed by atoms with Gasteiger partial charge in [0.05, 0.1) is 10.7 Å². The molecular weight excluding hydrogens is 461 g/mol. The largest absolute Gasteiger partial charge is 0.452 e. The van der Waals surface area contributed by atoms with Crippen molar-refractivity contribution < 1.29 is 26.7 Å². The molecule has 1 aromatic carbocycles. The van der Waals surface area contributed by atoms with E-state index in [2.05, 4.69) is 14.7 Å². The topological polar surface area (TPSA) is 60.5 Å². The summed E-state index contributed by atoms with van der Waals surface area (Å²) in [4.78, 5) is 8.33. The first-order valence-electron chi connectivity index (χ1n) is 9.04. The number of thiocarbonyl (C=S) groups is 1. The Morgan fingerprint density at radius 1 is 1.35 bits per heavy atom. The molecule has 3 rings (SSSR count). The maximum absolute atomic E-state index is 14.6. The van der Waals surface area contributed by atoms with Crippen molar-refractivity contribution in [1.82, 2.24) is 4.98 Å². The van der Waals surface area contributed by atoms with E-state index in [9.17, 15) is 22.0 Å². The van der Waals surface area contributed by atoms with Crippen LogP contribution in [0.2, 0.25) is 5.02 Å². The zero-order chi connectivity index (χ0) is 23.0. The van der Waals surface area contributed by atoms with Crippen LogP contribution in [0, 0.1) is 12.7 Å². The van der Waals surface area contributed by atoms with Gasteiger partial charge in [0.25, 0.3) is 6.02 Å². The number of hydrogen-bond donors (Lipinski definition) is 1. The molecule has 4 nitrogen and oxygen atoms in total. The average molecular weight is 478 g/mol. The summed E-state index contributed by atoms with van der Waals surface area (Å²) in [6, 6.07) is 4.53. The van der Waals surface area contributed by atoms with E-state index in [1.165, 1.54) is 18.3 Å². The molecule has 2 atom stereocenters. The van der Waals surface area contributed by atoms with Gasteiger partial charge < -0.3 is 10.5 Å². The van der Waals surface area contributed by atoms with E-state index in [0.29, 0.717) is 21.1 Å². The first-order valence-corrected chi connectivity index (χ1v) is 9.83. The molecule has 0 aliphatic carbocycles. The third-order valence-corrected chi connectivity index (χ3v) is 5.45. The van der Waals surface area contributed by atoms with Crippen LogP contribution in [0.25, 0.3) is 0 Å². The molecule has 0 bridgehead atoms. The number of aliphatic imine (C=N–C) groups is 1. The Kier molecular flexibility index (Phi) is 6.52. The maximum Gasteiger partial charge on any atom is 0.425 e. The number of ether oxygens (including phenoxy) is 1. The first-order chi connectivity index (χ1) is 14.4. The SMILES string of the molecule is Cc1cc(Cl)cnc1C(=S)Cc1ccc(F)c([C@]2(CF)C[C@@H](C(F)(F)F)OC(N)=N2)c1. The highest BCUT2D eigenvalue weighted by Crippen LogP contribution is 2.41. The van der Waals surface area contributed by atoms with E-state index in [1.807, 2.05) is 0 Å². The Labute approximate surface area is 185 Å². The third kappa shape index (κ3) is 4.95. The van der Waals surface area contributed by atoms with Crippen LogP contribution in [-0.2, 0) is 16.7 Å². The monoisotopic (exact) mass is 477 g/mol. The van der Waals surface area contributed by atoms with E-state index in [-0.39, 0.29) is 12.0 Å². The molecule has 1 aliphatic heterocycles. The number of benzene rings is 1. The number of aryl methyl sites for hydroxylation is 1. The third-order valence-electron chi connectivity index (χ3n) is 4.90. The van der Waals surface area contributed by atoms with Crippen molar-refractivity contribution in [2.45, 2.75) is 37.6 Å². The van der Waals surface area contributed by atoms with Crippen molar-refractivity contribution in [2.24, 2.45) is 10.7 Å². The minimum Gasteiger partial charge on any atom is -0.452 e. The molecule has 0 amide bonds. The predicted octanol–water partition coefficient (Wildman–Crippen LogP) is 4.97. The summed E-state index contributed by atoms with van der Waals surface area (Å²) < 4.78 is 72.9. The van der Waals surface area contributed by atoms with Crippen LogP contribution in [0.5, 0.6) is 0 Å². The molecule has 2 N–H and O–H groups in total. The zero-order valence-corrected chi connectivity index (χ0v) is 17.7. The van der Waals surface area contributed by atoms with Gasteiger partial charge in [-0.2, -0.15) is 13.2 Å². The smallest absolute Gasteiger partial charge is 0.425 e. The summed E-state index contributed by atoms with van der Waals surface area (Å²) in [5.41, 5.74) is 4.56. The molecule has 0 spiro atoms. The fourth-order valence-electron chi connectivity index (χ4n) is 3.43. The van der Waals surface area contributed by atoms with Gasteiger partial charge >= 0.3 is 6.18 Å². The lowest BCUT2D eigenvalue weighted by molar-refractivity contribution is -0.209. The summed E-state index contributed by atoms with van der Waals surface area (Å²) in [7, 11) is 0. The quantitative estimate of drug-likeness (QED) is 0.375. The van der Waals surface area contributed by atoms with E-state index in [4.69, 9.17) is 29.6 Å². The standard InChI is InChI=1S/C20H17ClF5N3OS/c1-10-4-12(21)8-28-17(10)15(31)6-11-2-3-14(23)13(5-11)19(9-22)7-16(20(24,25)26)30-18(27)29-19/h2-5,8,16H,6-7,9H2,1H3,(H2,27,29)/t16-,19+/m0/s1. The number of alkyl halides is 4. The van der Waals surface area contributed by atoms with Gasteiger partial charge in [0.15, 0.2) is 6.10 Å². The maximum atomic E-state index is 14.6. The van der Waals surface area contributed by atoms with E-state index in [0.717, 1.165) is 11.6 Å². The Morgan fingerprint density at radius 3 is 2.68 bits per heavy atom. The van der Waals surface area contributed by atoms with Gasteiger partial charge in [-0.05, 0) is 36.2 Å². The highest BCUT2D eigenvalue weighted by Gasteiger charge is 2.52. The second-order valence-electron chi connectivity index (χ2n) is 7.20. The number of pyridine rings is 1. The van der Waals surface area contributed by atoms with E-state index >= 15 is 0 Å². The van der Waals surface area contributed by atoms with E-state index < -0.39 is 42.8 Å². The van der Waals surface area contributed by atoms with Crippen molar-refractivity contribution in [3.05, 3.63) is 63.7 Å². The van der Waals surface area contributed by atoms with Crippen LogP contribution in [0.3, 0.4) is 0 Å². The fourth-order valence-corrected chi connectivity index (χ4v) is 4.02. The minimum atomic E-state index is -4.82. The Bertz CT molecular complexity index is 1050.